The molecular weight excluding hydrogens is 380 g/mol. The van der Waals surface area contributed by atoms with Crippen LogP contribution in [-0.4, -0.2) is 19.0 Å². The van der Waals surface area contributed by atoms with E-state index in [0.717, 1.165) is 37.2 Å². The van der Waals surface area contributed by atoms with Crippen LogP contribution in [0.3, 0.4) is 0 Å². The molecule has 2 aromatic rings. The number of halogens is 1. The number of allylic oxidation sites excluding steroid dienone is 4. The topological polar surface area (TPSA) is 32.3 Å². The summed E-state index contributed by atoms with van der Waals surface area (Å²) in [5.41, 5.74) is 5.61. The maximum absolute atomic E-state index is 13.1. The highest BCUT2D eigenvalue weighted by atomic mass is 35.5. The van der Waals surface area contributed by atoms with E-state index in [1.807, 2.05) is 12.1 Å². The Hall–Kier alpha value is -2.52. The van der Waals surface area contributed by atoms with Crippen LogP contribution in [0, 0.1) is 11.8 Å². The average molecular weight is 403 g/mol. The second-order valence-corrected chi connectivity index (χ2v) is 9.21. The molecule has 0 fully saturated rings. The Morgan fingerprint density at radius 2 is 1.52 bits per heavy atom. The first kappa shape index (κ1) is 17.3. The number of nitrogens with one attached hydrogen (secondary N) is 1. The number of carbonyl (C=O) groups is 1. The third-order valence-electron chi connectivity index (χ3n) is 7.06. The molecule has 146 valence electrons. The van der Waals surface area contributed by atoms with Crippen LogP contribution in [0.4, 0.5) is 11.4 Å². The summed E-state index contributed by atoms with van der Waals surface area (Å²) in [4.78, 5) is 15.7. The van der Waals surface area contributed by atoms with Gasteiger partial charge in [0.2, 0.25) is 0 Å². The van der Waals surface area contributed by atoms with Crippen LogP contribution in [0.15, 0.2) is 60.7 Å². The summed E-state index contributed by atoms with van der Waals surface area (Å²) in [6, 6.07) is 11.6. The third kappa shape index (κ3) is 2.75. The fourth-order valence-electron chi connectivity index (χ4n) is 5.74. The predicted molar refractivity (Wildman–Crippen MR) is 118 cm³/mol. The van der Waals surface area contributed by atoms with Crippen molar-refractivity contribution in [2.24, 2.45) is 11.8 Å². The van der Waals surface area contributed by atoms with Crippen molar-refractivity contribution in [1.29, 1.82) is 0 Å². The number of hydrogen-bond donors (Lipinski definition) is 1. The molecule has 2 aromatic carbocycles. The van der Waals surface area contributed by atoms with Gasteiger partial charge in [0.15, 0.2) is 0 Å². The molecule has 1 amide bonds. The summed E-state index contributed by atoms with van der Waals surface area (Å²) in [6.45, 7) is 2.27. The number of rotatable bonds is 2. The Morgan fingerprint density at radius 1 is 0.931 bits per heavy atom. The van der Waals surface area contributed by atoms with E-state index in [1.165, 1.54) is 16.8 Å². The van der Waals surface area contributed by atoms with E-state index < -0.39 is 0 Å². The van der Waals surface area contributed by atoms with Gasteiger partial charge in [0.05, 0.1) is 0 Å². The van der Waals surface area contributed by atoms with Crippen LogP contribution in [-0.2, 0) is 0 Å². The lowest BCUT2D eigenvalue weighted by Crippen LogP contribution is -2.43. The summed E-state index contributed by atoms with van der Waals surface area (Å²) in [7, 11) is 0. The summed E-state index contributed by atoms with van der Waals surface area (Å²) in [5, 5.41) is 3.71. The SMILES string of the molecule is O=C(Nc1ccc(Cl)cc1)c1cc2c3c(c1)[C@@H]1C=CC[C@H]1CN3C[C@H]1CC=C[C@@H]21. The van der Waals surface area contributed by atoms with Crippen molar-refractivity contribution < 1.29 is 4.79 Å². The van der Waals surface area contributed by atoms with Gasteiger partial charge in [-0.15, -0.1) is 0 Å². The van der Waals surface area contributed by atoms with Gasteiger partial charge < -0.3 is 10.2 Å². The minimum Gasteiger partial charge on any atom is -0.370 e. The maximum Gasteiger partial charge on any atom is 0.255 e. The largest absolute Gasteiger partial charge is 0.370 e. The quantitative estimate of drug-likeness (QED) is 0.649. The predicted octanol–water partition coefficient (Wildman–Crippen LogP) is 5.75. The van der Waals surface area contributed by atoms with Gasteiger partial charge in [-0.3, -0.25) is 4.79 Å². The molecule has 2 aliphatic heterocycles. The molecule has 4 atom stereocenters. The smallest absolute Gasteiger partial charge is 0.255 e. The standard InChI is InChI=1S/C25H23ClN2O/c26-18-7-9-19(10-8-18)27-25(29)17-11-22-20-5-1-3-15(20)13-28-14-16-4-2-6-21(16)23(12-17)24(22)28/h1-2,5-12,15-16,20-21H,3-4,13-14H2,(H,27,29)/t15-,16+,20-,21-/m1/s1. The average Bonchev–Trinajstić information content (AvgIpc) is 3.39. The van der Waals surface area contributed by atoms with E-state index in [9.17, 15) is 4.79 Å². The van der Waals surface area contributed by atoms with Gasteiger partial charge in [-0.05, 0) is 72.2 Å². The van der Waals surface area contributed by atoms with E-state index in [1.54, 1.807) is 12.1 Å². The van der Waals surface area contributed by atoms with Gasteiger partial charge in [-0.1, -0.05) is 35.9 Å². The third-order valence-corrected chi connectivity index (χ3v) is 7.31. The second-order valence-electron chi connectivity index (χ2n) is 8.77. The minimum absolute atomic E-state index is 0.0499. The second kappa shape index (κ2) is 6.50. The Labute approximate surface area is 176 Å². The molecule has 0 saturated carbocycles. The Kier molecular flexibility index (Phi) is 3.89. The van der Waals surface area contributed by atoms with Crippen molar-refractivity contribution in [1.82, 2.24) is 0 Å². The Balaban J connectivity index is 1.44. The van der Waals surface area contributed by atoms with Gasteiger partial charge >= 0.3 is 0 Å². The van der Waals surface area contributed by atoms with Gasteiger partial charge in [0.25, 0.3) is 5.91 Å². The monoisotopic (exact) mass is 402 g/mol. The van der Waals surface area contributed by atoms with Crippen LogP contribution in [0.2, 0.25) is 5.02 Å². The molecule has 6 rings (SSSR count). The molecule has 29 heavy (non-hydrogen) atoms. The van der Waals surface area contributed by atoms with Crippen LogP contribution in [0.1, 0.15) is 46.2 Å². The van der Waals surface area contributed by atoms with Crippen molar-refractivity contribution in [2.45, 2.75) is 24.7 Å². The number of benzene rings is 2. The normalized spacial score (nSPS) is 28.1. The maximum atomic E-state index is 13.1. The fraction of sp³-hybridized carbons (Fsp3) is 0.320. The fourth-order valence-corrected chi connectivity index (χ4v) is 5.87. The van der Waals surface area contributed by atoms with Crippen molar-refractivity contribution in [3.8, 4) is 0 Å². The molecule has 2 aliphatic carbocycles. The van der Waals surface area contributed by atoms with Gasteiger partial charge in [0, 0.05) is 46.9 Å². The first-order valence-corrected chi connectivity index (χ1v) is 10.9. The zero-order chi connectivity index (χ0) is 19.5. The summed E-state index contributed by atoms with van der Waals surface area (Å²) >= 11 is 5.98. The van der Waals surface area contributed by atoms with Crippen molar-refractivity contribution in [2.75, 3.05) is 23.3 Å². The highest BCUT2D eigenvalue weighted by Gasteiger charge is 2.42. The summed E-state index contributed by atoms with van der Waals surface area (Å²) in [5.74, 6) is 2.09. The number of fused-ring (bicyclic) bond motifs is 4. The first-order valence-electron chi connectivity index (χ1n) is 10.5. The molecule has 1 N–H and O–H groups in total. The zero-order valence-electron chi connectivity index (χ0n) is 16.1. The lowest BCUT2D eigenvalue weighted by atomic mass is 9.74. The van der Waals surface area contributed by atoms with Crippen LogP contribution < -0.4 is 10.2 Å². The molecular formula is C25H23ClN2O. The molecule has 0 aromatic heterocycles. The van der Waals surface area contributed by atoms with Crippen LogP contribution >= 0.6 is 11.6 Å². The number of amides is 1. The molecule has 0 unspecified atom stereocenters. The van der Waals surface area contributed by atoms with E-state index in [-0.39, 0.29) is 5.91 Å². The lowest BCUT2D eigenvalue weighted by Gasteiger charge is -2.46. The van der Waals surface area contributed by atoms with Gasteiger partial charge in [-0.25, -0.2) is 0 Å². The van der Waals surface area contributed by atoms with E-state index >= 15 is 0 Å². The molecule has 4 aliphatic rings. The minimum atomic E-state index is -0.0499. The summed E-state index contributed by atoms with van der Waals surface area (Å²) in [6.07, 6.45) is 11.6. The molecule has 4 heteroatoms. The molecule has 0 saturated heterocycles. The van der Waals surface area contributed by atoms with E-state index in [0.29, 0.717) is 28.7 Å². The van der Waals surface area contributed by atoms with Gasteiger partial charge in [-0.2, -0.15) is 0 Å². The highest BCUT2D eigenvalue weighted by molar-refractivity contribution is 6.30. The summed E-state index contributed by atoms with van der Waals surface area (Å²) < 4.78 is 0. The highest BCUT2D eigenvalue weighted by Crippen LogP contribution is 2.53. The Morgan fingerprint density at radius 3 is 2.10 bits per heavy atom. The zero-order valence-corrected chi connectivity index (χ0v) is 16.9. The number of nitrogens with zero attached hydrogens (tertiary/aromatic N) is 1. The first-order chi connectivity index (χ1) is 14.2. The number of hydrogen-bond acceptors (Lipinski definition) is 2. The number of anilines is 2. The van der Waals surface area contributed by atoms with Crippen molar-refractivity contribution in [3.05, 3.63) is 82.4 Å². The molecule has 0 bridgehead atoms. The molecule has 0 radical (unpaired) electrons. The van der Waals surface area contributed by atoms with Crippen LogP contribution in [0.25, 0.3) is 0 Å². The van der Waals surface area contributed by atoms with Crippen molar-refractivity contribution in [3.63, 3.8) is 0 Å². The van der Waals surface area contributed by atoms with Crippen LogP contribution in [0.5, 0.6) is 0 Å². The van der Waals surface area contributed by atoms with E-state index in [4.69, 9.17) is 11.6 Å². The Bertz CT molecular complexity index is 1000. The lowest BCUT2D eigenvalue weighted by molar-refractivity contribution is 0.102. The molecule has 2 heterocycles. The number of carbonyl (C=O) groups excluding carboxylic acids is 1. The van der Waals surface area contributed by atoms with E-state index in [2.05, 4.69) is 46.7 Å². The van der Waals surface area contributed by atoms with Gasteiger partial charge in [0.1, 0.15) is 0 Å². The van der Waals surface area contributed by atoms with Crippen molar-refractivity contribution >= 4 is 28.9 Å². The molecule has 3 nitrogen and oxygen atoms in total. The molecule has 0 spiro atoms.